The third-order valence-electron chi connectivity index (χ3n) is 2.24. The molecule has 0 aliphatic carbocycles. The smallest absolute Gasteiger partial charge is 0.166 e. The van der Waals surface area contributed by atoms with Crippen LogP contribution in [0.2, 0.25) is 0 Å². The second kappa shape index (κ2) is 5.76. The van der Waals surface area contributed by atoms with Crippen molar-refractivity contribution in [2.75, 3.05) is 5.88 Å². The average Bonchev–Trinajstić information content (AvgIpc) is 2.22. The first-order valence-corrected chi connectivity index (χ1v) is 5.57. The lowest BCUT2D eigenvalue weighted by molar-refractivity contribution is 0.0977. The molecule has 0 aliphatic heterocycles. The minimum absolute atomic E-state index is 0.0127. The van der Waals surface area contributed by atoms with Crippen LogP contribution in [-0.4, -0.2) is 16.8 Å². The highest BCUT2D eigenvalue weighted by Crippen LogP contribution is 2.20. The molecule has 1 aromatic carbocycles. The molecule has 0 spiro atoms. The molecule has 0 unspecified atom stereocenters. The molecular formula is C12H15ClO2. The van der Waals surface area contributed by atoms with Gasteiger partial charge >= 0.3 is 0 Å². The van der Waals surface area contributed by atoms with Gasteiger partial charge in [-0.25, -0.2) is 0 Å². The number of benzene rings is 1. The van der Waals surface area contributed by atoms with Crippen molar-refractivity contribution >= 4 is 17.4 Å². The number of hydrogen-bond donors (Lipinski definition) is 1. The summed E-state index contributed by atoms with van der Waals surface area (Å²) < 4.78 is 0. The van der Waals surface area contributed by atoms with E-state index in [4.69, 9.17) is 11.6 Å². The Labute approximate surface area is 94.9 Å². The number of halogens is 1. The molecule has 1 N–H and O–H groups in total. The molecule has 82 valence electrons. The average molecular weight is 227 g/mol. The van der Waals surface area contributed by atoms with Crippen molar-refractivity contribution in [1.29, 1.82) is 0 Å². The fourth-order valence-corrected chi connectivity index (χ4v) is 1.58. The van der Waals surface area contributed by atoms with Crippen LogP contribution in [0.15, 0.2) is 18.2 Å². The quantitative estimate of drug-likeness (QED) is 0.475. The maximum atomic E-state index is 11.7. The van der Waals surface area contributed by atoms with Crippen LogP contribution in [0, 0.1) is 6.92 Å². The van der Waals surface area contributed by atoms with Crippen molar-refractivity contribution in [2.45, 2.75) is 26.2 Å². The zero-order valence-corrected chi connectivity index (χ0v) is 9.55. The zero-order chi connectivity index (χ0) is 11.3. The van der Waals surface area contributed by atoms with Crippen molar-refractivity contribution < 1.29 is 9.90 Å². The van der Waals surface area contributed by atoms with Gasteiger partial charge in [-0.3, -0.25) is 4.79 Å². The van der Waals surface area contributed by atoms with E-state index in [2.05, 4.69) is 0 Å². The summed E-state index contributed by atoms with van der Waals surface area (Å²) in [5.41, 5.74) is 1.40. The second-order valence-corrected chi connectivity index (χ2v) is 3.97. The monoisotopic (exact) mass is 226 g/mol. The Hall–Kier alpha value is -1.02. The molecule has 0 aromatic heterocycles. The minimum atomic E-state index is -0.0127. The van der Waals surface area contributed by atoms with Gasteiger partial charge in [0.2, 0.25) is 0 Å². The molecule has 1 rings (SSSR count). The van der Waals surface area contributed by atoms with E-state index < -0.39 is 0 Å². The Balaban J connectivity index is 2.68. The molecule has 0 heterocycles. The molecule has 0 bridgehead atoms. The lowest BCUT2D eigenvalue weighted by atomic mass is 10.0. The Morgan fingerprint density at radius 3 is 2.80 bits per heavy atom. The molecule has 15 heavy (non-hydrogen) atoms. The van der Waals surface area contributed by atoms with E-state index in [-0.39, 0.29) is 11.5 Å². The predicted octanol–water partition coefficient (Wildman–Crippen LogP) is 3.29. The van der Waals surface area contributed by atoms with Crippen molar-refractivity contribution in [1.82, 2.24) is 0 Å². The van der Waals surface area contributed by atoms with Crippen molar-refractivity contribution in [2.24, 2.45) is 0 Å². The molecule has 2 nitrogen and oxygen atoms in total. The van der Waals surface area contributed by atoms with Crippen LogP contribution < -0.4 is 0 Å². The number of phenols is 1. The maximum absolute atomic E-state index is 11.7. The number of hydrogen-bond acceptors (Lipinski definition) is 2. The Bertz CT molecular complexity index is 347. The Morgan fingerprint density at radius 2 is 2.13 bits per heavy atom. The number of alkyl halides is 1. The van der Waals surface area contributed by atoms with Crippen LogP contribution in [0.25, 0.3) is 0 Å². The van der Waals surface area contributed by atoms with Crippen LogP contribution in [0.3, 0.4) is 0 Å². The third kappa shape index (κ3) is 3.56. The maximum Gasteiger partial charge on any atom is 0.166 e. The van der Waals surface area contributed by atoms with Gasteiger partial charge in [0.05, 0.1) is 5.56 Å². The van der Waals surface area contributed by atoms with Gasteiger partial charge in [0.25, 0.3) is 0 Å². The van der Waals surface area contributed by atoms with Gasteiger partial charge in [-0.05, 0) is 31.9 Å². The summed E-state index contributed by atoms with van der Waals surface area (Å²) in [7, 11) is 0. The zero-order valence-electron chi connectivity index (χ0n) is 8.79. The van der Waals surface area contributed by atoms with E-state index in [1.807, 2.05) is 6.92 Å². The van der Waals surface area contributed by atoms with Gasteiger partial charge in [0.15, 0.2) is 5.78 Å². The number of carbonyl (C=O) groups is 1. The van der Waals surface area contributed by atoms with Gasteiger partial charge in [0.1, 0.15) is 5.75 Å². The highest BCUT2D eigenvalue weighted by molar-refractivity contribution is 6.17. The summed E-state index contributed by atoms with van der Waals surface area (Å²) in [5, 5.41) is 9.52. The number of unbranched alkanes of at least 4 members (excludes halogenated alkanes) is 1. The molecule has 3 heteroatoms. The molecular weight excluding hydrogens is 212 g/mol. The van der Waals surface area contributed by atoms with Crippen molar-refractivity contribution in [3.8, 4) is 5.75 Å². The largest absolute Gasteiger partial charge is 0.507 e. The highest BCUT2D eigenvalue weighted by Gasteiger charge is 2.10. The molecule has 0 aliphatic rings. The predicted molar refractivity (Wildman–Crippen MR) is 61.7 cm³/mol. The molecule has 0 fully saturated rings. The van der Waals surface area contributed by atoms with Gasteiger partial charge in [0, 0.05) is 12.3 Å². The number of phenolic OH excluding ortho intramolecular Hbond substituents is 1. The summed E-state index contributed by atoms with van der Waals surface area (Å²) in [6.45, 7) is 1.90. The number of Topliss-reactive ketones (excluding diaryl/α,β-unsaturated/α-hetero) is 1. The van der Waals surface area contributed by atoms with E-state index in [1.165, 1.54) is 0 Å². The van der Waals surface area contributed by atoms with Crippen LogP contribution in [-0.2, 0) is 0 Å². The van der Waals surface area contributed by atoms with Crippen LogP contribution >= 0.6 is 11.6 Å². The van der Waals surface area contributed by atoms with E-state index in [0.717, 1.165) is 18.4 Å². The molecule has 1 aromatic rings. The molecule has 0 saturated carbocycles. The number of carbonyl (C=O) groups excluding carboxylic acids is 1. The van der Waals surface area contributed by atoms with Crippen LogP contribution in [0.1, 0.15) is 35.2 Å². The van der Waals surface area contributed by atoms with E-state index in [0.29, 0.717) is 17.9 Å². The van der Waals surface area contributed by atoms with E-state index in [1.54, 1.807) is 18.2 Å². The van der Waals surface area contributed by atoms with Gasteiger partial charge in [-0.15, -0.1) is 11.6 Å². The first kappa shape index (κ1) is 12.1. The van der Waals surface area contributed by atoms with Crippen molar-refractivity contribution in [3.05, 3.63) is 29.3 Å². The van der Waals surface area contributed by atoms with Crippen molar-refractivity contribution in [3.63, 3.8) is 0 Å². The number of aryl methyl sites for hydroxylation is 1. The van der Waals surface area contributed by atoms with Gasteiger partial charge in [-0.2, -0.15) is 0 Å². The van der Waals surface area contributed by atoms with E-state index >= 15 is 0 Å². The molecule has 0 amide bonds. The first-order chi connectivity index (χ1) is 7.15. The molecule has 0 atom stereocenters. The first-order valence-electron chi connectivity index (χ1n) is 5.04. The summed E-state index contributed by atoms with van der Waals surface area (Å²) in [4.78, 5) is 11.7. The fraction of sp³-hybridized carbons (Fsp3) is 0.417. The highest BCUT2D eigenvalue weighted by atomic mass is 35.5. The Morgan fingerprint density at radius 1 is 1.40 bits per heavy atom. The summed E-state index contributed by atoms with van der Waals surface area (Å²) in [6, 6.07) is 5.06. The Kier molecular flexibility index (Phi) is 4.63. The summed E-state index contributed by atoms with van der Waals surface area (Å²) in [5.74, 6) is 0.630. The number of ketones is 1. The molecule has 0 saturated heterocycles. The number of aromatic hydroxyl groups is 1. The molecule has 0 radical (unpaired) electrons. The fourth-order valence-electron chi connectivity index (χ4n) is 1.39. The SMILES string of the molecule is Cc1ccc(O)c(C(=O)CCCCCl)c1. The van der Waals surface area contributed by atoms with Crippen LogP contribution in [0.4, 0.5) is 0 Å². The lowest BCUT2D eigenvalue weighted by Crippen LogP contribution is -2.00. The number of rotatable bonds is 5. The second-order valence-electron chi connectivity index (χ2n) is 3.59. The van der Waals surface area contributed by atoms with Gasteiger partial charge < -0.3 is 5.11 Å². The standard InChI is InChI=1S/C12H15ClO2/c1-9-5-6-12(15)10(8-9)11(14)4-2-3-7-13/h5-6,8,15H,2-4,7H2,1H3. The third-order valence-corrected chi connectivity index (χ3v) is 2.51. The lowest BCUT2D eigenvalue weighted by Gasteiger charge is -2.04. The summed E-state index contributed by atoms with van der Waals surface area (Å²) in [6.07, 6.45) is 2.05. The normalized spacial score (nSPS) is 10.3. The van der Waals surface area contributed by atoms with E-state index in [9.17, 15) is 9.90 Å². The summed E-state index contributed by atoms with van der Waals surface area (Å²) >= 11 is 5.53. The minimum Gasteiger partial charge on any atom is -0.507 e. The topological polar surface area (TPSA) is 37.3 Å². The van der Waals surface area contributed by atoms with Gasteiger partial charge in [-0.1, -0.05) is 11.6 Å². The van der Waals surface area contributed by atoms with Crippen LogP contribution in [0.5, 0.6) is 5.75 Å².